The fraction of sp³-hybridized carbons (Fsp3) is 0.917. The van der Waals surface area contributed by atoms with Gasteiger partial charge in [0.1, 0.15) is 0 Å². The predicted octanol–water partition coefficient (Wildman–Crippen LogP) is 1.91. The van der Waals surface area contributed by atoms with E-state index in [0.29, 0.717) is 0 Å². The van der Waals surface area contributed by atoms with Crippen LogP contribution < -0.4 is 11.1 Å². The lowest BCUT2D eigenvalue weighted by Crippen LogP contribution is -2.58. The van der Waals surface area contributed by atoms with Gasteiger partial charge in [0, 0.05) is 6.54 Å². The van der Waals surface area contributed by atoms with Crippen LogP contribution in [0.4, 0.5) is 0 Å². The van der Waals surface area contributed by atoms with Gasteiger partial charge < -0.3 is 11.1 Å². The highest BCUT2D eigenvalue weighted by atomic mass is 16.1. The molecule has 3 N–H and O–H groups in total. The molecule has 3 nitrogen and oxygen atoms in total. The Balaban J connectivity index is 4.52. The maximum Gasteiger partial charge on any atom is 0.237 e. The first-order valence-electron chi connectivity index (χ1n) is 5.70. The average molecular weight is 214 g/mol. The second-order valence-electron chi connectivity index (χ2n) is 5.59. The van der Waals surface area contributed by atoms with E-state index in [2.05, 4.69) is 26.1 Å². The SMILES string of the molecule is CCC(C)(C)CNC(C)(C(N)=O)C(C)C. The minimum absolute atomic E-state index is 0.197. The molecule has 0 aliphatic heterocycles. The smallest absolute Gasteiger partial charge is 0.237 e. The van der Waals surface area contributed by atoms with Crippen molar-refractivity contribution < 1.29 is 4.79 Å². The van der Waals surface area contributed by atoms with Crippen LogP contribution in [0.2, 0.25) is 0 Å². The van der Waals surface area contributed by atoms with Crippen LogP contribution in [0, 0.1) is 11.3 Å². The Morgan fingerprint density at radius 3 is 2.07 bits per heavy atom. The normalized spacial score (nSPS) is 16.5. The van der Waals surface area contributed by atoms with Crippen molar-refractivity contribution in [1.29, 1.82) is 0 Å². The highest BCUT2D eigenvalue weighted by Gasteiger charge is 2.35. The third-order valence-corrected chi connectivity index (χ3v) is 3.56. The summed E-state index contributed by atoms with van der Waals surface area (Å²) < 4.78 is 0. The molecule has 0 radical (unpaired) electrons. The molecule has 0 bridgehead atoms. The van der Waals surface area contributed by atoms with Crippen molar-refractivity contribution in [2.75, 3.05) is 6.54 Å². The molecule has 15 heavy (non-hydrogen) atoms. The number of nitrogens with one attached hydrogen (secondary N) is 1. The molecule has 0 aliphatic rings. The minimum atomic E-state index is -0.605. The van der Waals surface area contributed by atoms with E-state index in [1.165, 1.54) is 0 Å². The summed E-state index contributed by atoms with van der Waals surface area (Å²) in [6.45, 7) is 13.2. The van der Waals surface area contributed by atoms with E-state index in [9.17, 15) is 4.79 Å². The van der Waals surface area contributed by atoms with Crippen molar-refractivity contribution in [3.63, 3.8) is 0 Å². The Bertz CT molecular complexity index is 224. The van der Waals surface area contributed by atoms with Crippen LogP contribution in [-0.2, 0) is 4.79 Å². The molecule has 0 heterocycles. The molecule has 0 spiro atoms. The van der Waals surface area contributed by atoms with Gasteiger partial charge in [0.25, 0.3) is 0 Å². The van der Waals surface area contributed by atoms with Gasteiger partial charge in [0.15, 0.2) is 0 Å². The van der Waals surface area contributed by atoms with Gasteiger partial charge in [-0.1, -0.05) is 34.6 Å². The summed E-state index contributed by atoms with van der Waals surface area (Å²) in [5, 5.41) is 3.31. The van der Waals surface area contributed by atoms with Gasteiger partial charge in [-0.25, -0.2) is 0 Å². The maximum absolute atomic E-state index is 11.4. The van der Waals surface area contributed by atoms with Crippen LogP contribution in [0.25, 0.3) is 0 Å². The van der Waals surface area contributed by atoms with Crippen molar-refractivity contribution in [3.8, 4) is 0 Å². The molecule has 1 unspecified atom stereocenters. The van der Waals surface area contributed by atoms with Gasteiger partial charge in [-0.2, -0.15) is 0 Å². The fourth-order valence-corrected chi connectivity index (χ4v) is 1.12. The van der Waals surface area contributed by atoms with E-state index in [-0.39, 0.29) is 17.2 Å². The molecule has 0 aromatic rings. The van der Waals surface area contributed by atoms with Gasteiger partial charge >= 0.3 is 0 Å². The first-order valence-corrected chi connectivity index (χ1v) is 5.70. The van der Waals surface area contributed by atoms with Crippen molar-refractivity contribution in [2.24, 2.45) is 17.1 Å². The molecule has 1 atom stereocenters. The third-order valence-electron chi connectivity index (χ3n) is 3.56. The van der Waals surface area contributed by atoms with Gasteiger partial charge in [0.05, 0.1) is 5.54 Å². The fourth-order valence-electron chi connectivity index (χ4n) is 1.12. The van der Waals surface area contributed by atoms with Gasteiger partial charge in [-0.3, -0.25) is 4.79 Å². The Morgan fingerprint density at radius 1 is 1.33 bits per heavy atom. The number of carbonyl (C=O) groups is 1. The number of carbonyl (C=O) groups excluding carboxylic acids is 1. The van der Waals surface area contributed by atoms with Crippen LogP contribution in [0.5, 0.6) is 0 Å². The number of hydrogen-bond donors (Lipinski definition) is 2. The average Bonchev–Trinajstić information content (AvgIpc) is 2.13. The first kappa shape index (κ1) is 14.4. The van der Waals surface area contributed by atoms with E-state index >= 15 is 0 Å². The molecule has 0 aliphatic carbocycles. The summed E-state index contributed by atoms with van der Waals surface area (Å²) in [5.74, 6) is -0.0768. The Labute approximate surface area is 93.8 Å². The van der Waals surface area contributed by atoms with Gasteiger partial charge in [-0.15, -0.1) is 0 Å². The second-order valence-corrected chi connectivity index (χ2v) is 5.59. The molecule has 0 aromatic carbocycles. The molecule has 0 saturated carbocycles. The summed E-state index contributed by atoms with van der Waals surface area (Å²) in [4.78, 5) is 11.4. The summed E-state index contributed by atoms with van der Waals surface area (Å²) in [5.41, 5.74) is 5.04. The zero-order chi connectivity index (χ0) is 12.3. The highest BCUT2D eigenvalue weighted by Crippen LogP contribution is 2.22. The molecular weight excluding hydrogens is 188 g/mol. The topological polar surface area (TPSA) is 55.1 Å². The first-order chi connectivity index (χ1) is 6.65. The second kappa shape index (κ2) is 4.97. The number of nitrogens with two attached hydrogens (primary N) is 1. The summed E-state index contributed by atoms with van der Waals surface area (Å²) in [6, 6.07) is 0. The predicted molar refractivity (Wildman–Crippen MR) is 64.5 cm³/mol. The van der Waals surface area contributed by atoms with Crippen molar-refractivity contribution in [2.45, 2.75) is 53.5 Å². The van der Waals surface area contributed by atoms with Gasteiger partial charge in [0.2, 0.25) is 5.91 Å². The summed E-state index contributed by atoms with van der Waals surface area (Å²) >= 11 is 0. The standard InChI is InChI=1S/C12H26N2O/c1-7-11(4,5)8-14-12(6,9(2)3)10(13)15/h9,14H,7-8H2,1-6H3,(H2,13,15). The minimum Gasteiger partial charge on any atom is -0.368 e. The summed E-state index contributed by atoms with van der Waals surface area (Å²) in [7, 11) is 0. The van der Waals surface area contributed by atoms with Crippen molar-refractivity contribution in [1.82, 2.24) is 5.32 Å². The van der Waals surface area contributed by atoms with Crippen LogP contribution in [0.15, 0.2) is 0 Å². The van der Waals surface area contributed by atoms with Crippen LogP contribution in [-0.4, -0.2) is 18.0 Å². The zero-order valence-corrected chi connectivity index (χ0v) is 11.0. The van der Waals surface area contributed by atoms with Crippen molar-refractivity contribution in [3.05, 3.63) is 0 Å². The van der Waals surface area contributed by atoms with Crippen LogP contribution in [0.1, 0.15) is 48.0 Å². The van der Waals surface area contributed by atoms with Crippen LogP contribution >= 0.6 is 0 Å². The number of rotatable bonds is 6. The number of hydrogen-bond acceptors (Lipinski definition) is 2. The monoisotopic (exact) mass is 214 g/mol. The van der Waals surface area contributed by atoms with Gasteiger partial charge in [-0.05, 0) is 24.7 Å². The number of primary amides is 1. The lowest BCUT2D eigenvalue weighted by Gasteiger charge is -2.35. The number of amides is 1. The maximum atomic E-state index is 11.4. The summed E-state index contributed by atoms with van der Waals surface area (Å²) in [6.07, 6.45) is 1.08. The Morgan fingerprint density at radius 2 is 1.80 bits per heavy atom. The van der Waals surface area contributed by atoms with E-state index in [4.69, 9.17) is 5.73 Å². The molecule has 0 aromatic heterocycles. The Hall–Kier alpha value is -0.570. The largest absolute Gasteiger partial charge is 0.368 e. The molecule has 1 amide bonds. The van der Waals surface area contributed by atoms with E-state index in [1.807, 2.05) is 20.8 Å². The molecule has 3 heteroatoms. The van der Waals surface area contributed by atoms with E-state index in [0.717, 1.165) is 13.0 Å². The quantitative estimate of drug-likeness (QED) is 0.709. The highest BCUT2D eigenvalue weighted by molar-refractivity contribution is 5.84. The molecule has 0 rings (SSSR count). The third kappa shape index (κ3) is 3.82. The molecule has 0 saturated heterocycles. The van der Waals surface area contributed by atoms with Crippen LogP contribution in [0.3, 0.4) is 0 Å². The van der Waals surface area contributed by atoms with E-state index < -0.39 is 5.54 Å². The lowest BCUT2D eigenvalue weighted by molar-refractivity contribution is -0.125. The lowest BCUT2D eigenvalue weighted by atomic mass is 9.84. The Kier molecular flexibility index (Phi) is 4.78. The molecular formula is C12H26N2O. The zero-order valence-electron chi connectivity index (χ0n) is 11.0. The molecule has 0 fully saturated rings. The van der Waals surface area contributed by atoms with E-state index in [1.54, 1.807) is 0 Å². The molecule has 90 valence electrons. The van der Waals surface area contributed by atoms with Crippen molar-refractivity contribution >= 4 is 5.91 Å².